The Kier molecular flexibility index (Phi) is 4.48. The first-order chi connectivity index (χ1) is 11.9. The number of carbonyl (C=O) groups excluding carboxylic acids is 2. The van der Waals surface area contributed by atoms with Crippen molar-refractivity contribution in [3.8, 4) is 5.75 Å². The zero-order chi connectivity index (χ0) is 18.1. The Bertz CT molecular complexity index is 841. The Morgan fingerprint density at radius 1 is 1.44 bits per heavy atom. The smallest absolute Gasteiger partial charge is 0.269 e. The number of nitrogens with two attached hydrogens (primary N) is 1. The van der Waals surface area contributed by atoms with E-state index in [0.717, 1.165) is 18.4 Å². The molecule has 0 saturated carbocycles. The van der Waals surface area contributed by atoms with E-state index in [1.54, 1.807) is 13.1 Å². The summed E-state index contributed by atoms with van der Waals surface area (Å²) < 4.78 is 7.20. The van der Waals surface area contributed by atoms with Crippen LogP contribution in [0.25, 0.3) is 0 Å². The quantitative estimate of drug-likeness (QED) is 0.868. The van der Waals surface area contributed by atoms with Gasteiger partial charge < -0.3 is 15.8 Å². The molecule has 7 nitrogen and oxygen atoms in total. The molecule has 1 aromatic carbocycles. The fourth-order valence-electron chi connectivity index (χ4n) is 3.20. The first-order valence-electron chi connectivity index (χ1n) is 8.38. The molecule has 1 aliphatic rings. The largest absolute Gasteiger partial charge is 0.489 e. The lowest BCUT2D eigenvalue weighted by molar-refractivity contribution is 0.0992. The molecule has 3 rings (SSSR count). The second-order valence-corrected chi connectivity index (χ2v) is 6.29. The van der Waals surface area contributed by atoms with Crippen LogP contribution in [0.2, 0.25) is 0 Å². The van der Waals surface area contributed by atoms with Gasteiger partial charge in [0.25, 0.3) is 11.8 Å². The van der Waals surface area contributed by atoms with Gasteiger partial charge in [0.1, 0.15) is 17.5 Å². The van der Waals surface area contributed by atoms with Gasteiger partial charge in [-0.25, -0.2) is 0 Å². The molecule has 0 bridgehead atoms. The third kappa shape index (κ3) is 3.09. The van der Waals surface area contributed by atoms with Crippen LogP contribution in [0.3, 0.4) is 0 Å². The number of aryl methyl sites for hydroxylation is 2. The number of primary amides is 1. The lowest BCUT2D eigenvalue weighted by Crippen LogP contribution is -2.21. The maximum atomic E-state index is 12.8. The van der Waals surface area contributed by atoms with Gasteiger partial charge in [0.15, 0.2) is 0 Å². The summed E-state index contributed by atoms with van der Waals surface area (Å²) in [6.45, 7) is 3.97. The van der Waals surface area contributed by atoms with Gasteiger partial charge >= 0.3 is 0 Å². The Morgan fingerprint density at radius 3 is 2.88 bits per heavy atom. The van der Waals surface area contributed by atoms with Gasteiger partial charge in [-0.2, -0.15) is 5.10 Å². The van der Waals surface area contributed by atoms with Gasteiger partial charge in [0.2, 0.25) is 0 Å². The van der Waals surface area contributed by atoms with Crippen LogP contribution in [-0.2, 0) is 19.9 Å². The van der Waals surface area contributed by atoms with Crippen molar-refractivity contribution >= 4 is 17.5 Å². The number of anilines is 1. The molecular weight excluding hydrogens is 320 g/mol. The van der Waals surface area contributed by atoms with Crippen LogP contribution in [0.4, 0.5) is 5.69 Å². The van der Waals surface area contributed by atoms with E-state index < -0.39 is 5.91 Å². The molecule has 1 atom stereocenters. The van der Waals surface area contributed by atoms with Crippen molar-refractivity contribution in [1.82, 2.24) is 9.78 Å². The number of nitrogens with one attached hydrogen (secondary N) is 1. The van der Waals surface area contributed by atoms with E-state index in [2.05, 4.69) is 10.4 Å². The molecule has 0 spiro atoms. The van der Waals surface area contributed by atoms with Gasteiger partial charge in [-0.3, -0.25) is 14.3 Å². The average Bonchev–Trinajstić information content (AvgIpc) is 3.06. The Hall–Kier alpha value is -2.83. The zero-order valence-electron chi connectivity index (χ0n) is 14.6. The molecule has 2 aromatic rings. The third-order valence-corrected chi connectivity index (χ3v) is 4.25. The number of rotatable bonds is 5. The van der Waals surface area contributed by atoms with E-state index in [4.69, 9.17) is 10.5 Å². The third-order valence-electron chi connectivity index (χ3n) is 4.25. The number of aromatic nitrogens is 2. The highest BCUT2D eigenvalue weighted by Gasteiger charge is 2.27. The number of para-hydroxylation sites is 1. The molecule has 25 heavy (non-hydrogen) atoms. The van der Waals surface area contributed by atoms with Crippen molar-refractivity contribution in [1.29, 1.82) is 0 Å². The van der Waals surface area contributed by atoms with E-state index in [1.165, 1.54) is 4.68 Å². The maximum absolute atomic E-state index is 12.8. The molecule has 0 fully saturated rings. The summed E-state index contributed by atoms with van der Waals surface area (Å²) in [5, 5.41) is 7.15. The summed E-state index contributed by atoms with van der Waals surface area (Å²) >= 11 is 0. The number of carbonyl (C=O) groups is 2. The summed E-state index contributed by atoms with van der Waals surface area (Å²) in [5.74, 6) is -0.358. The summed E-state index contributed by atoms with van der Waals surface area (Å²) in [5.41, 5.74) is 8.15. The number of nitrogens with zero attached hydrogens (tertiary/aromatic N) is 2. The van der Waals surface area contributed by atoms with E-state index in [9.17, 15) is 9.59 Å². The molecule has 3 N–H and O–H groups in total. The van der Waals surface area contributed by atoms with Crippen molar-refractivity contribution < 1.29 is 14.3 Å². The van der Waals surface area contributed by atoms with Crippen molar-refractivity contribution in [2.75, 3.05) is 5.32 Å². The number of ether oxygens (including phenoxy) is 1. The minimum absolute atomic E-state index is 0.0409. The maximum Gasteiger partial charge on any atom is 0.269 e. The van der Waals surface area contributed by atoms with Gasteiger partial charge in [-0.1, -0.05) is 25.5 Å². The van der Waals surface area contributed by atoms with Crippen LogP contribution in [0.15, 0.2) is 18.2 Å². The molecule has 1 aromatic heterocycles. The molecule has 2 amide bonds. The highest BCUT2D eigenvalue weighted by molar-refractivity contribution is 6.10. The number of fused-ring (bicyclic) bond motifs is 1. The molecule has 1 unspecified atom stereocenters. The minimum Gasteiger partial charge on any atom is -0.489 e. The average molecular weight is 342 g/mol. The fraction of sp³-hybridized carbons (Fsp3) is 0.389. The van der Waals surface area contributed by atoms with Crippen LogP contribution >= 0.6 is 0 Å². The fourth-order valence-corrected chi connectivity index (χ4v) is 3.20. The molecule has 1 aliphatic heterocycles. The van der Waals surface area contributed by atoms with Crippen molar-refractivity contribution in [3.63, 3.8) is 0 Å². The summed E-state index contributed by atoms with van der Waals surface area (Å²) in [4.78, 5) is 24.6. The lowest BCUT2D eigenvalue weighted by atomic mass is 10.1. The van der Waals surface area contributed by atoms with Crippen LogP contribution in [-0.4, -0.2) is 27.7 Å². The molecule has 2 heterocycles. The topological polar surface area (TPSA) is 99.2 Å². The van der Waals surface area contributed by atoms with Gasteiger partial charge in [-0.05, 0) is 25.0 Å². The predicted octanol–water partition coefficient (Wildman–Crippen LogP) is 2.05. The second kappa shape index (κ2) is 6.58. The molecule has 0 aliphatic carbocycles. The number of hydrogen-bond donors (Lipinski definition) is 2. The van der Waals surface area contributed by atoms with Crippen LogP contribution in [0.5, 0.6) is 5.75 Å². The van der Waals surface area contributed by atoms with Crippen molar-refractivity contribution in [2.45, 2.75) is 39.2 Å². The van der Waals surface area contributed by atoms with Crippen LogP contribution < -0.4 is 15.8 Å². The summed E-state index contributed by atoms with van der Waals surface area (Å²) in [6, 6.07) is 5.50. The number of hydrogen-bond acceptors (Lipinski definition) is 4. The first-order valence-corrected chi connectivity index (χ1v) is 8.38. The Balaban J connectivity index is 1.97. The SMILES string of the molecule is CCCc1nn(C)c(C(N)=O)c1NC(=O)c1cccc2c1OC(C)C2. The summed E-state index contributed by atoms with van der Waals surface area (Å²) in [6.07, 6.45) is 2.28. The summed E-state index contributed by atoms with van der Waals surface area (Å²) in [7, 11) is 1.64. The molecule has 0 saturated heterocycles. The van der Waals surface area contributed by atoms with Crippen LogP contribution in [0.1, 0.15) is 52.4 Å². The van der Waals surface area contributed by atoms with E-state index >= 15 is 0 Å². The first kappa shape index (κ1) is 17.0. The van der Waals surface area contributed by atoms with E-state index in [0.29, 0.717) is 29.1 Å². The van der Waals surface area contributed by atoms with Crippen molar-refractivity contribution in [2.24, 2.45) is 12.8 Å². The van der Waals surface area contributed by atoms with Gasteiger partial charge in [0, 0.05) is 13.5 Å². The second-order valence-electron chi connectivity index (χ2n) is 6.29. The van der Waals surface area contributed by atoms with Crippen molar-refractivity contribution in [3.05, 3.63) is 40.7 Å². The van der Waals surface area contributed by atoms with E-state index in [1.807, 2.05) is 26.0 Å². The minimum atomic E-state index is -0.629. The Labute approximate surface area is 146 Å². The van der Waals surface area contributed by atoms with Crippen LogP contribution in [0, 0.1) is 0 Å². The molecule has 132 valence electrons. The standard InChI is InChI=1S/C18H22N4O3/c1-4-6-13-14(15(17(19)23)22(3)21-13)20-18(24)12-8-5-7-11-9-10(2)25-16(11)12/h5,7-8,10H,4,6,9H2,1-3H3,(H2,19,23)(H,20,24). The lowest BCUT2D eigenvalue weighted by Gasteiger charge is -2.11. The zero-order valence-corrected chi connectivity index (χ0v) is 14.6. The molecule has 0 radical (unpaired) electrons. The highest BCUT2D eigenvalue weighted by atomic mass is 16.5. The number of amides is 2. The predicted molar refractivity (Wildman–Crippen MR) is 93.9 cm³/mol. The normalized spacial score (nSPS) is 15.6. The van der Waals surface area contributed by atoms with Gasteiger partial charge in [-0.15, -0.1) is 0 Å². The molecule has 7 heteroatoms. The van der Waals surface area contributed by atoms with E-state index in [-0.39, 0.29) is 17.7 Å². The monoisotopic (exact) mass is 342 g/mol. The van der Waals surface area contributed by atoms with Gasteiger partial charge in [0.05, 0.1) is 16.9 Å². The number of benzene rings is 1. The highest BCUT2D eigenvalue weighted by Crippen LogP contribution is 2.33. The molecular formula is C18H22N4O3. The Morgan fingerprint density at radius 2 is 2.20 bits per heavy atom.